The van der Waals surface area contributed by atoms with Crippen LogP contribution in [0.2, 0.25) is 0 Å². The van der Waals surface area contributed by atoms with Crippen LogP contribution in [0.15, 0.2) is 54.6 Å². The number of hydrogen-bond donors (Lipinski definition) is 0. The highest BCUT2D eigenvalue weighted by atomic mass is 16.5. The smallest absolute Gasteiger partial charge is 0.337 e. The Balaban J connectivity index is 1.71. The number of esters is 1. The molecule has 152 valence electrons. The molecule has 0 aromatic heterocycles. The lowest BCUT2D eigenvalue weighted by molar-refractivity contribution is -0.129. The molecule has 0 spiro atoms. The summed E-state index contributed by atoms with van der Waals surface area (Å²) in [4.78, 5) is 26.4. The first-order valence-electron chi connectivity index (χ1n) is 9.82. The normalized spacial score (nSPS) is 14.4. The van der Waals surface area contributed by atoms with Crippen LogP contribution in [0.4, 0.5) is 0 Å². The van der Waals surface area contributed by atoms with Crippen molar-refractivity contribution >= 4 is 18.0 Å². The molecule has 1 aliphatic rings. The number of amides is 1. The fourth-order valence-electron chi connectivity index (χ4n) is 3.29. The first-order valence-corrected chi connectivity index (χ1v) is 9.82. The minimum absolute atomic E-state index is 0.0164. The zero-order chi connectivity index (χ0) is 20.8. The molecule has 2 aromatic rings. The Bertz CT molecular complexity index is 867. The van der Waals surface area contributed by atoms with E-state index < -0.39 is 0 Å². The van der Waals surface area contributed by atoms with Crippen LogP contribution in [-0.2, 0) is 16.1 Å². The second kappa shape index (κ2) is 9.41. The van der Waals surface area contributed by atoms with Crippen molar-refractivity contribution in [3.63, 3.8) is 0 Å². The van der Waals surface area contributed by atoms with Crippen LogP contribution in [0, 0.1) is 5.92 Å². The summed E-state index contributed by atoms with van der Waals surface area (Å²) in [6.07, 6.45) is 5.73. The highest BCUT2D eigenvalue weighted by Crippen LogP contribution is 2.36. The fraction of sp³-hybridized carbons (Fsp3) is 0.333. The van der Waals surface area contributed by atoms with Gasteiger partial charge in [0.15, 0.2) is 0 Å². The van der Waals surface area contributed by atoms with Crippen molar-refractivity contribution in [1.29, 1.82) is 0 Å². The van der Waals surface area contributed by atoms with Gasteiger partial charge in [-0.1, -0.05) is 24.3 Å². The second-order valence-corrected chi connectivity index (χ2v) is 7.34. The molecule has 29 heavy (non-hydrogen) atoms. The zero-order valence-electron chi connectivity index (χ0n) is 17.1. The van der Waals surface area contributed by atoms with E-state index in [0.29, 0.717) is 18.0 Å². The molecule has 1 atom stereocenters. The highest BCUT2D eigenvalue weighted by Gasteiger charge is 2.33. The van der Waals surface area contributed by atoms with Crippen LogP contribution < -0.4 is 4.74 Å². The van der Waals surface area contributed by atoms with E-state index in [-0.39, 0.29) is 17.9 Å². The zero-order valence-corrected chi connectivity index (χ0v) is 17.1. The van der Waals surface area contributed by atoms with Crippen LogP contribution in [0.25, 0.3) is 6.08 Å². The maximum absolute atomic E-state index is 13.0. The molecule has 1 unspecified atom stereocenters. The number of hydrogen-bond acceptors (Lipinski definition) is 4. The van der Waals surface area contributed by atoms with Gasteiger partial charge in [0.1, 0.15) is 5.75 Å². The lowest BCUT2D eigenvalue weighted by atomic mass is 10.1. The van der Waals surface area contributed by atoms with Crippen molar-refractivity contribution in [2.75, 3.05) is 14.2 Å². The van der Waals surface area contributed by atoms with Crippen LogP contribution in [0.5, 0.6) is 5.75 Å². The highest BCUT2D eigenvalue weighted by molar-refractivity contribution is 5.92. The average Bonchev–Trinajstić information content (AvgIpc) is 3.61. The van der Waals surface area contributed by atoms with Crippen LogP contribution >= 0.6 is 0 Å². The maximum Gasteiger partial charge on any atom is 0.337 e. The standard InChI is InChI=1S/C24H27NO4/c1-17(20-11-12-20)25(16-19-6-13-22(28-2)14-7-19)23(26)15-8-18-4-9-21(10-5-18)24(27)29-3/h4-10,13-15,17,20H,11-12,16H2,1-3H3. The van der Waals surface area contributed by atoms with Crippen molar-refractivity contribution in [3.05, 3.63) is 71.3 Å². The lowest BCUT2D eigenvalue weighted by Crippen LogP contribution is -2.38. The van der Waals surface area contributed by atoms with E-state index in [1.807, 2.05) is 29.2 Å². The maximum atomic E-state index is 13.0. The Labute approximate surface area is 171 Å². The molecule has 1 saturated carbocycles. The molecule has 0 bridgehead atoms. The van der Waals surface area contributed by atoms with Crippen molar-refractivity contribution in [2.24, 2.45) is 5.92 Å². The molecule has 0 N–H and O–H groups in total. The van der Waals surface area contributed by atoms with Crippen molar-refractivity contribution in [3.8, 4) is 5.75 Å². The third-order valence-electron chi connectivity index (χ3n) is 5.34. The van der Waals surface area contributed by atoms with Gasteiger partial charge in [0.05, 0.1) is 19.8 Å². The molecule has 1 aliphatic carbocycles. The molecule has 0 heterocycles. The molecule has 2 aromatic carbocycles. The number of rotatable bonds is 8. The van der Waals surface area contributed by atoms with Gasteiger partial charge in [0.2, 0.25) is 5.91 Å². The summed E-state index contributed by atoms with van der Waals surface area (Å²) in [7, 11) is 3.00. The van der Waals surface area contributed by atoms with Crippen LogP contribution in [0.3, 0.4) is 0 Å². The molecule has 1 fully saturated rings. The van der Waals surface area contributed by atoms with Crippen molar-refractivity contribution in [1.82, 2.24) is 4.90 Å². The van der Waals surface area contributed by atoms with Crippen molar-refractivity contribution < 1.29 is 19.1 Å². The molecular weight excluding hydrogens is 366 g/mol. The van der Waals surface area contributed by atoms with Gasteiger partial charge in [-0.05, 0) is 67.2 Å². The van der Waals surface area contributed by atoms with Gasteiger partial charge < -0.3 is 14.4 Å². The van der Waals surface area contributed by atoms with E-state index in [1.165, 1.54) is 20.0 Å². The van der Waals surface area contributed by atoms with Gasteiger partial charge >= 0.3 is 5.97 Å². The summed E-state index contributed by atoms with van der Waals surface area (Å²) in [5, 5.41) is 0. The van der Waals surface area contributed by atoms with Gasteiger partial charge in [0, 0.05) is 18.7 Å². The monoisotopic (exact) mass is 393 g/mol. The molecule has 3 rings (SSSR count). The minimum atomic E-state index is -0.375. The first-order chi connectivity index (χ1) is 14.0. The van der Waals surface area contributed by atoms with Crippen LogP contribution in [0.1, 0.15) is 41.3 Å². The van der Waals surface area contributed by atoms with E-state index in [0.717, 1.165) is 16.9 Å². The molecule has 5 heteroatoms. The quantitative estimate of drug-likeness (QED) is 0.495. The Morgan fingerprint density at radius 1 is 1.07 bits per heavy atom. The number of benzene rings is 2. The molecular formula is C24H27NO4. The fourth-order valence-corrected chi connectivity index (χ4v) is 3.29. The van der Waals surface area contributed by atoms with Gasteiger partial charge in [0.25, 0.3) is 0 Å². The predicted molar refractivity (Wildman–Crippen MR) is 113 cm³/mol. The SMILES string of the molecule is COC(=O)c1ccc(C=CC(=O)N(Cc2ccc(OC)cc2)C(C)C2CC2)cc1. The number of carbonyl (C=O) groups is 2. The molecule has 1 amide bonds. The average molecular weight is 393 g/mol. The van der Waals surface area contributed by atoms with Gasteiger partial charge in [-0.2, -0.15) is 0 Å². The second-order valence-electron chi connectivity index (χ2n) is 7.34. The van der Waals surface area contributed by atoms with Gasteiger partial charge in [-0.3, -0.25) is 4.79 Å². The third-order valence-corrected chi connectivity index (χ3v) is 5.34. The summed E-state index contributed by atoms with van der Waals surface area (Å²) in [5.41, 5.74) is 2.41. The van der Waals surface area contributed by atoms with E-state index in [9.17, 15) is 9.59 Å². The summed E-state index contributed by atoms with van der Waals surface area (Å²) in [6.45, 7) is 2.68. The Morgan fingerprint density at radius 2 is 1.72 bits per heavy atom. The minimum Gasteiger partial charge on any atom is -0.497 e. The third kappa shape index (κ3) is 5.47. The first kappa shape index (κ1) is 20.6. The van der Waals surface area contributed by atoms with E-state index >= 15 is 0 Å². The molecule has 5 nitrogen and oxygen atoms in total. The topological polar surface area (TPSA) is 55.8 Å². The van der Waals surface area contributed by atoms with Gasteiger partial charge in [-0.25, -0.2) is 4.79 Å². The van der Waals surface area contributed by atoms with E-state index in [4.69, 9.17) is 9.47 Å². The largest absolute Gasteiger partial charge is 0.497 e. The predicted octanol–water partition coefficient (Wildman–Crippen LogP) is 4.32. The van der Waals surface area contributed by atoms with E-state index in [1.54, 1.807) is 43.5 Å². The van der Waals surface area contributed by atoms with Gasteiger partial charge in [-0.15, -0.1) is 0 Å². The summed E-state index contributed by atoms with van der Waals surface area (Å²) in [5.74, 6) is 0.986. The van der Waals surface area contributed by atoms with Crippen LogP contribution in [-0.4, -0.2) is 37.0 Å². The summed E-state index contributed by atoms with van der Waals surface area (Å²) in [6, 6.07) is 15.0. The van der Waals surface area contributed by atoms with E-state index in [2.05, 4.69) is 6.92 Å². The number of methoxy groups -OCH3 is 2. The van der Waals surface area contributed by atoms with Crippen molar-refractivity contribution in [2.45, 2.75) is 32.4 Å². The number of carbonyl (C=O) groups excluding carboxylic acids is 2. The Hall–Kier alpha value is -3.08. The molecule has 0 aliphatic heterocycles. The summed E-state index contributed by atoms with van der Waals surface area (Å²) < 4.78 is 9.92. The Kier molecular flexibility index (Phi) is 6.70. The molecule has 0 saturated heterocycles. The Morgan fingerprint density at radius 3 is 2.28 bits per heavy atom. The summed E-state index contributed by atoms with van der Waals surface area (Å²) >= 11 is 0. The molecule has 0 radical (unpaired) electrons. The lowest BCUT2D eigenvalue weighted by Gasteiger charge is -2.28. The number of nitrogens with zero attached hydrogens (tertiary/aromatic N) is 1. The number of ether oxygens (including phenoxy) is 2.